The van der Waals surface area contributed by atoms with Crippen LogP contribution < -0.4 is 0 Å². The lowest BCUT2D eigenvalue weighted by Crippen LogP contribution is -2.54. The summed E-state index contributed by atoms with van der Waals surface area (Å²) in [6.45, 7) is 10.3. The van der Waals surface area contributed by atoms with Gasteiger partial charge < -0.3 is 9.53 Å². The van der Waals surface area contributed by atoms with Crippen LogP contribution in [-0.2, 0) is 9.22 Å². The van der Waals surface area contributed by atoms with E-state index in [4.69, 9.17) is 9.53 Å². The maximum Gasteiger partial charge on any atom is 0.415 e. The van der Waals surface area contributed by atoms with E-state index in [2.05, 4.69) is 0 Å². The smallest absolute Gasteiger partial charge is 0.407 e. The summed E-state index contributed by atoms with van der Waals surface area (Å²) in [4.78, 5) is 12.3. The van der Waals surface area contributed by atoms with Crippen molar-refractivity contribution in [3.8, 4) is 0 Å². The summed E-state index contributed by atoms with van der Waals surface area (Å²) < 4.78 is 82.8. The average Bonchev–Trinajstić information content (AvgIpc) is 2.33. The van der Waals surface area contributed by atoms with Crippen molar-refractivity contribution in [2.24, 2.45) is 5.92 Å². The van der Waals surface area contributed by atoms with E-state index in [1.807, 2.05) is 0 Å². The number of halogens is 6. The van der Waals surface area contributed by atoms with Crippen LogP contribution in [0.3, 0.4) is 0 Å². The third-order valence-corrected chi connectivity index (χ3v) is 8.91. The van der Waals surface area contributed by atoms with Gasteiger partial charge in [-0.3, -0.25) is 4.79 Å². The minimum absolute atomic E-state index is 0.150. The van der Waals surface area contributed by atoms with Gasteiger partial charge in [0.1, 0.15) is 6.10 Å². The zero-order valence-corrected chi connectivity index (χ0v) is 16.2. The SMILES string of the molecule is CCC[C@@H](O[Si](C)(C)C(C)(C)C)C(=O)[C@H]([C@@H](O)C(F)(F)F)C(F)(F)F. The molecule has 0 aliphatic heterocycles. The molecule has 0 bridgehead atoms. The Morgan fingerprint density at radius 2 is 1.48 bits per heavy atom. The topological polar surface area (TPSA) is 46.5 Å². The number of ketones is 1. The Balaban J connectivity index is 5.81. The molecule has 0 fully saturated rings. The van der Waals surface area contributed by atoms with Gasteiger partial charge in [0.05, 0.1) is 0 Å². The highest BCUT2D eigenvalue weighted by Crippen LogP contribution is 2.41. The van der Waals surface area contributed by atoms with Gasteiger partial charge in [-0.15, -0.1) is 0 Å². The van der Waals surface area contributed by atoms with Crippen LogP contribution in [0.1, 0.15) is 40.5 Å². The maximum absolute atomic E-state index is 13.1. The molecule has 0 aliphatic rings. The Morgan fingerprint density at radius 3 is 1.76 bits per heavy atom. The number of carbonyl (C=O) groups excluding carboxylic acids is 1. The molecule has 0 spiro atoms. The fraction of sp³-hybridized carbons (Fsp3) is 0.933. The molecular weight excluding hydrogens is 370 g/mol. The second-order valence-electron chi connectivity index (χ2n) is 7.56. The van der Waals surface area contributed by atoms with E-state index in [-0.39, 0.29) is 12.8 Å². The van der Waals surface area contributed by atoms with Gasteiger partial charge in [-0.1, -0.05) is 34.1 Å². The zero-order chi connectivity index (χ0) is 20.4. The summed E-state index contributed by atoms with van der Waals surface area (Å²) in [5.74, 6) is -5.34. The van der Waals surface area contributed by atoms with Crippen LogP contribution in [0.15, 0.2) is 0 Å². The van der Waals surface area contributed by atoms with Crippen LogP contribution in [0.2, 0.25) is 18.1 Å². The van der Waals surface area contributed by atoms with Crippen LogP contribution in [0.4, 0.5) is 26.3 Å². The summed E-state index contributed by atoms with van der Waals surface area (Å²) in [5, 5.41) is 8.67. The molecule has 150 valence electrons. The monoisotopic (exact) mass is 396 g/mol. The second kappa shape index (κ2) is 7.95. The lowest BCUT2D eigenvalue weighted by Gasteiger charge is -2.40. The molecule has 0 heterocycles. The van der Waals surface area contributed by atoms with Gasteiger partial charge in [-0.25, -0.2) is 0 Å². The van der Waals surface area contributed by atoms with Crippen LogP contribution in [0.25, 0.3) is 0 Å². The van der Waals surface area contributed by atoms with E-state index in [1.165, 1.54) is 0 Å². The van der Waals surface area contributed by atoms with E-state index in [0.717, 1.165) is 0 Å². The van der Waals surface area contributed by atoms with Crippen LogP contribution >= 0.6 is 0 Å². The van der Waals surface area contributed by atoms with Crippen molar-refractivity contribution >= 4 is 14.1 Å². The number of hydrogen-bond acceptors (Lipinski definition) is 3. The predicted octanol–water partition coefficient (Wildman–Crippen LogP) is 4.85. The molecule has 0 radical (unpaired) electrons. The zero-order valence-electron chi connectivity index (χ0n) is 15.2. The Kier molecular flexibility index (Phi) is 7.76. The van der Waals surface area contributed by atoms with Crippen molar-refractivity contribution in [1.82, 2.24) is 0 Å². The van der Waals surface area contributed by atoms with Crippen molar-refractivity contribution in [2.75, 3.05) is 0 Å². The van der Waals surface area contributed by atoms with E-state index >= 15 is 0 Å². The van der Waals surface area contributed by atoms with Crippen molar-refractivity contribution in [2.45, 2.75) is 83.2 Å². The average molecular weight is 396 g/mol. The van der Waals surface area contributed by atoms with E-state index in [0.29, 0.717) is 0 Å². The summed E-state index contributed by atoms with van der Waals surface area (Å²) in [6.07, 6.45) is -16.5. The first-order valence-electron chi connectivity index (χ1n) is 7.89. The van der Waals surface area contributed by atoms with Crippen LogP contribution in [0.5, 0.6) is 0 Å². The number of hydrogen-bond donors (Lipinski definition) is 1. The van der Waals surface area contributed by atoms with Crippen molar-refractivity contribution < 1.29 is 40.7 Å². The molecule has 1 N–H and O–H groups in total. The number of aliphatic hydroxyl groups is 1. The second-order valence-corrected chi connectivity index (χ2v) is 12.3. The lowest BCUT2D eigenvalue weighted by atomic mass is 9.91. The van der Waals surface area contributed by atoms with Crippen LogP contribution in [-0.4, -0.2) is 43.8 Å². The van der Waals surface area contributed by atoms with E-state index < -0.39 is 49.6 Å². The molecule has 0 aromatic carbocycles. The normalized spacial score (nSPS) is 18.0. The molecule has 0 aliphatic carbocycles. The van der Waals surface area contributed by atoms with Gasteiger partial charge in [0.2, 0.25) is 0 Å². The standard InChI is InChI=1S/C15H26F6O3Si/c1-7-8-9(24-25(5,6)13(2,3)4)11(22)10(14(16,17)18)12(23)15(19,20)21/h9-10,12,23H,7-8H2,1-6H3/t9-,10-,12-/m1/s1. The minimum atomic E-state index is -5.57. The van der Waals surface area contributed by atoms with Gasteiger partial charge in [-0.05, 0) is 24.6 Å². The van der Waals surface area contributed by atoms with Gasteiger partial charge in [-0.2, -0.15) is 26.3 Å². The highest BCUT2D eigenvalue weighted by molar-refractivity contribution is 6.74. The summed E-state index contributed by atoms with van der Waals surface area (Å²) in [7, 11) is -2.70. The minimum Gasteiger partial charge on any atom is -0.407 e. The van der Waals surface area contributed by atoms with Gasteiger partial charge in [0.25, 0.3) is 0 Å². The molecule has 25 heavy (non-hydrogen) atoms. The summed E-state index contributed by atoms with van der Waals surface area (Å²) in [5.41, 5.74) is 0. The van der Waals surface area contributed by atoms with Crippen molar-refractivity contribution in [3.63, 3.8) is 0 Å². The molecule has 10 heteroatoms. The molecule has 0 rings (SSSR count). The number of rotatable bonds is 7. The van der Waals surface area contributed by atoms with Crippen LogP contribution in [0, 0.1) is 5.92 Å². The first-order valence-corrected chi connectivity index (χ1v) is 10.8. The molecular formula is C15H26F6O3Si. The van der Waals surface area contributed by atoms with E-state index in [1.54, 1.807) is 40.8 Å². The number of carbonyl (C=O) groups is 1. The number of alkyl halides is 6. The molecule has 0 amide bonds. The fourth-order valence-corrected chi connectivity index (χ4v) is 3.24. The third kappa shape index (κ3) is 6.56. The first kappa shape index (κ1) is 24.4. The van der Waals surface area contributed by atoms with E-state index in [9.17, 15) is 31.1 Å². The van der Waals surface area contributed by atoms with Crippen molar-refractivity contribution in [1.29, 1.82) is 0 Å². The predicted molar refractivity (Wildman–Crippen MR) is 83.6 cm³/mol. The first-order chi connectivity index (χ1) is 10.9. The van der Waals surface area contributed by atoms with Gasteiger partial charge in [0.15, 0.2) is 26.1 Å². The molecule has 0 unspecified atom stereocenters. The summed E-state index contributed by atoms with van der Waals surface area (Å²) >= 11 is 0. The quantitative estimate of drug-likeness (QED) is 0.494. The Morgan fingerprint density at radius 1 is 1.04 bits per heavy atom. The maximum atomic E-state index is 13.1. The highest BCUT2D eigenvalue weighted by atomic mass is 28.4. The Labute approximate surface area is 144 Å². The molecule has 0 aromatic heterocycles. The molecule has 3 atom stereocenters. The third-order valence-electron chi connectivity index (χ3n) is 4.42. The molecule has 3 nitrogen and oxygen atoms in total. The molecule has 0 saturated heterocycles. The van der Waals surface area contributed by atoms with Gasteiger partial charge >= 0.3 is 12.4 Å². The summed E-state index contributed by atoms with van der Waals surface area (Å²) in [6, 6.07) is 0. The fourth-order valence-electron chi connectivity index (χ4n) is 1.94. The molecule has 0 saturated carbocycles. The van der Waals surface area contributed by atoms with Gasteiger partial charge in [0, 0.05) is 0 Å². The highest BCUT2D eigenvalue weighted by Gasteiger charge is 2.59. The number of Topliss-reactive ketones (excluding diaryl/α,β-unsaturated/α-hetero) is 1. The lowest BCUT2D eigenvalue weighted by molar-refractivity contribution is -0.269. The van der Waals surface area contributed by atoms with Crippen molar-refractivity contribution in [3.05, 3.63) is 0 Å². The number of aliphatic hydroxyl groups excluding tert-OH is 1. The Hall–Kier alpha value is -0.613. The molecule has 0 aromatic rings. The Bertz CT molecular complexity index is 454. The largest absolute Gasteiger partial charge is 0.415 e.